The van der Waals surface area contributed by atoms with E-state index >= 15 is 0 Å². The molecule has 0 bridgehead atoms. The largest absolute Gasteiger partial charge is 0.460 e. The highest BCUT2D eigenvalue weighted by Gasteiger charge is 2.05. The van der Waals surface area contributed by atoms with E-state index < -0.39 is 0 Å². The summed E-state index contributed by atoms with van der Waals surface area (Å²) in [4.78, 5) is 6.31. The number of nitrogens with zero attached hydrogens (tertiary/aromatic N) is 2. The number of hydrogen-bond acceptors (Lipinski definition) is 3. The summed E-state index contributed by atoms with van der Waals surface area (Å²) in [6.45, 7) is 0.810. The minimum absolute atomic E-state index is 0.810. The summed E-state index contributed by atoms with van der Waals surface area (Å²) in [5, 5.41) is 2.87. The van der Waals surface area contributed by atoms with Gasteiger partial charge in [0.1, 0.15) is 11.5 Å². The van der Waals surface area contributed by atoms with Crippen LogP contribution in [0.1, 0.15) is 5.76 Å². The summed E-state index contributed by atoms with van der Waals surface area (Å²) in [6, 6.07) is 12.0. The molecule has 1 N–H and O–H groups in total. The molecule has 0 spiro atoms. The number of nitrogens with one attached hydrogen (secondary N) is 1. The van der Waals surface area contributed by atoms with E-state index in [0.717, 1.165) is 29.3 Å². The van der Waals surface area contributed by atoms with Crippen LogP contribution in [0, 0.1) is 0 Å². The number of aliphatic imine (C=N–C) groups is 1. The van der Waals surface area contributed by atoms with Gasteiger partial charge in [-0.2, -0.15) is 0 Å². The molecule has 0 aliphatic rings. The van der Waals surface area contributed by atoms with E-state index in [2.05, 4.69) is 15.2 Å². The summed E-state index contributed by atoms with van der Waals surface area (Å²) in [5.74, 6) is 1.86. The van der Waals surface area contributed by atoms with Crippen LogP contribution in [0.2, 0.25) is 0 Å². The molecule has 0 fully saturated rings. The number of benzene rings is 1. The van der Waals surface area contributed by atoms with Crippen LogP contribution in [0.15, 0.2) is 45.8 Å². The zero-order valence-electron chi connectivity index (χ0n) is 11.6. The molecule has 2 aromatic rings. The molecule has 19 heavy (non-hydrogen) atoms. The fourth-order valence-electron chi connectivity index (χ4n) is 1.78. The van der Waals surface area contributed by atoms with Crippen LogP contribution in [0.5, 0.6) is 0 Å². The maximum Gasteiger partial charge on any atom is 0.134 e. The first-order valence-corrected chi connectivity index (χ1v) is 6.22. The Bertz CT molecular complexity index is 541. The standard InChI is InChI=1S/C15H19N3O/c1-16-11-17-13-6-4-12(5-7-13)15-9-8-14(19-15)10-18(2)3/h4-9,11H,10H2,1-3H3,(H,16,17). The van der Waals surface area contributed by atoms with Crippen molar-refractivity contribution >= 4 is 12.0 Å². The van der Waals surface area contributed by atoms with Crippen molar-refractivity contribution in [2.75, 3.05) is 21.1 Å². The maximum atomic E-state index is 5.81. The van der Waals surface area contributed by atoms with E-state index in [1.54, 1.807) is 6.34 Å². The molecule has 0 amide bonds. The quantitative estimate of drug-likeness (QED) is 0.661. The molecule has 1 aromatic carbocycles. The van der Waals surface area contributed by atoms with Gasteiger partial charge in [0.25, 0.3) is 0 Å². The van der Waals surface area contributed by atoms with Gasteiger partial charge in [0.2, 0.25) is 0 Å². The SMILES string of the molecule is CNC=Nc1ccc(-c2ccc(CN(C)C)o2)cc1. The molecule has 0 aliphatic carbocycles. The second-order valence-corrected chi connectivity index (χ2v) is 4.60. The van der Waals surface area contributed by atoms with Crippen LogP contribution >= 0.6 is 0 Å². The van der Waals surface area contributed by atoms with Crippen molar-refractivity contribution in [3.05, 3.63) is 42.2 Å². The van der Waals surface area contributed by atoms with Crippen molar-refractivity contribution in [1.29, 1.82) is 0 Å². The summed E-state index contributed by atoms with van der Waals surface area (Å²) in [5.41, 5.74) is 1.98. The van der Waals surface area contributed by atoms with Crippen LogP contribution in [0.25, 0.3) is 11.3 Å². The maximum absolute atomic E-state index is 5.81. The van der Waals surface area contributed by atoms with Gasteiger partial charge in [-0.15, -0.1) is 0 Å². The van der Waals surface area contributed by atoms with Gasteiger partial charge >= 0.3 is 0 Å². The predicted molar refractivity (Wildman–Crippen MR) is 78.7 cm³/mol. The third-order valence-electron chi connectivity index (χ3n) is 2.63. The molecule has 2 rings (SSSR count). The van der Waals surface area contributed by atoms with E-state index in [9.17, 15) is 0 Å². The Balaban J connectivity index is 2.13. The van der Waals surface area contributed by atoms with Gasteiger partial charge in [-0.05, 0) is 50.5 Å². The highest BCUT2D eigenvalue weighted by Crippen LogP contribution is 2.24. The van der Waals surface area contributed by atoms with E-state index in [1.807, 2.05) is 57.5 Å². The van der Waals surface area contributed by atoms with Crippen molar-refractivity contribution in [2.45, 2.75) is 6.54 Å². The summed E-state index contributed by atoms with van der Waals surface area (Å²) >= 11 is 0. The summed E-state index contributed by atoms with van der Waals surface area (Å²) in [7, 11) is 5.88. The molecule has 0 atom stereocenters. The lowest BCUT2D eigenvalue weighted by molar-refractivity contribution is 0.353. The first-order valence-electron chi connectivity index (χ1n) is 6.22. The molecule has 0 saturated carbocycles. The highest BCUT2D eigenvalue weighted by atomic mass is 16.3. The minimum atomic E-state index is 0.810. The normalized spacial score (nSPS) is 11.4. The topological polar surface area (TPSA) is 40.8 Å². The van der Waals surface area contributed by atoms with Crippen LogP contribution in [0.4, 0.5) is 5.69 Å². The van der Waals surface area contributed by atoms with Crippen LogP contribution < -0.4 is 5.32 Å². The van der Waals surface area contributed by atoms with Gasteiger partial charge in [0.05, 0.1) is 18.6 Å². The van der Waals surface area contributed by atoms with Crippen molar-refractivity contribution in [2.24, 2.45) is 4.99 Å². The lowest BCUT2D eigenvalue weighted by Crippen LogP contribution is -2.09. The fraction of sp³-hybridized carbons (Fsp3) is 0.267. The third kappa shape index (κ3) is 3.69. The Hall–Kier alpha value is -2.07. The molecular weight excluding hydrogens is 238 g/mol. The number of hydrogen-bond donors (Lipinski definition) is 1. The highest BCUT2D eigenvalue weighted by molar-refractivity contribution is 5.64. The smallest absolute Gasteiger partial charge is 0.134 e. The van der Waals surface area contributed by atoms with Gasteiger partial charge in [-0.1, -0.05) is 0 Å². The summed E-state index contributed by atoms with van der Waals surface area (Å²) in [6.07, 6.45) is 1.66. The Morgan fingerprint density at radius 3 is 2.53 bits per heavy atom. The van der Waals surface area contributed by atoms with Crippen LogP contribution in [-0.2, 0) is 6.54 Å². The first kappa shape index (κ1) is 13.4. The average Bonchev–Trinajstić information content (AvgIpc) is 2.84. The monoisotopic (exact) mass is 257 g/mol. The van der Waals surface area contributed by atoms with Crippen molar-refractivity contribution in [3.8, 4) is 11.3 Å². The minimum Gasteiger partial charge on any atom is -0.460 e. The molecule has 100 valence electrons. The molecule has 0 saturated heterocycles. The fourth-order valence-corrected chi connectivity index (χ4v) is 1.78. The van der Waals surface area contributed by atoms with Gasteiger partial charge in [0, 0.05) is 12.6 Å². The molecule has 4 heteroatoms. The van der Waals surface area contributed by atoms with Gasteiger partial charge in [-0.3, -0.25) is 0 Å². The van der Waals surface area contributed by atoms with Gasteiger partial charge in [-0.25, -0.2) is 4.99 Å². The average molecular weight is 257 g/mol. The predicted octanol–water partition coefficient (Wildman–Crippen LogP) is 2.89. The van der Waals surface area contributed by atoms with Crippen LogP contribution in [0.3, 0.4) is 0 Å². The Labute approximate surface area is 113 Å². The van der Waals surface area contributed by atoms with E-state index in [-0.39, 0.29) is 0 Å². The second-order valence-electron chi connectivity index (χ2n) is 4.60. The van der Waals surface area contributed by atoms with Crippen molar-refractivity contribution in [1.82, 2.24) is 10.2 Å². The molecule has 4 nitrogen and oxygen atoms in total. The first-order chi connectivity index (χ1) is 9.19. The third-order valence-corrected chi connectivity index (χ3v) is 2.63. The Morgan fingerprint density at radius 2 is 1.89 bits per heavy atom. The lowest BCUT2D eigenvalue weighted by atomic mass is 10.1. The molecule has 0 radical (unpaired) electrons. The van der Waals surface area contributed by atoms with Crippen molar-refractivity contribution < 1.29 is 4.42 Å². The molecule has 0 unspecified atom stereocenters. The number of rotatable bonds is 5. The van der Waals surface area contributed by atoms with E-state index in [4.69, 9.17) is 4.42 Å². The van der Waals surface area contributed by atoms with Crippen LogP contribution in [-0.4, -0.2) is 32.4 Å². The zero-order chi connectivity index (χ0) is 13.7. The van der Waals surface area contributed by atoms with Gasteiger partial charge in [0.15, 0.2) is 0 Å². The molecule has 1 heterocycles. The van der Waals surface area contributed by atoms with E-state index in [1.165, 1.54) is 0 Å². The molecule has 0 aliphatic heterocycles. The molecular formula is C15H19N3O. The van der Waals surface area contributed by atoms with E-state index in [0.29, 0.717) is 0 Å². The van der Waals surface area contributed by atoms with Gasteiger partial charge < -0.3 is 14.6 Å². The lowest BCUT2D eigenvalue weighted by Gasteiger charge is -2.05. The summed E-state index contributed by atoms with van der Waals surface area (Å²) < 4.78 is 5.81. The van der Waals surface area contributed by atoms with Crippen molar-refractivity contribution in [3.63, 3.8) is 0 Å². The number of furan rings is 1. The Kier molecular flexibility index (Phi) is 4.36. The second kappa shape index (κ2) is 6.20. The zero-order valence-corrected chi connectivity index (χ0v) is 11.6. The molecule has 1 aromatic heterocycles. The Morgan fingerprint density at radius 1 is 1.16 bits per heavy atom.